The number of aliphatic hydroxyl groups excluding tert-OH is 1. The molecule has 5 heteroatoms. The molecule has 4 atom stereocenters. The van der Waals surface area contributed by atoms with E-state index in [2.05, 4.69) is 49.5 Å². The van der Waals surface area contributed by atoms with Crippen LogP contribution < -0.4 is 0 Å². The van der Waals surface area contributed by atoms with Crippen molar-refractivity contribution in [1.82, 2.24) is 0 Å². The number of unbranched alkanes of at least 4 members (excludes halogenated alkanes) is 2. The fraction of sp³-hybridized carbons (Fsp3) is 0.885. The minimum absolute atomic E-state index is 0.0833. The monoisotopic (exact) mass is 470 g/mol. The van der Waals surface area contributed by atoms with Gasteiger partial charge in [0.2, 0.25) is 0 Å². The maximum Gasteiger partial charge on any atom is 0.309 e. The molecule has 2 rings (SSSR count). The molecule has 2 aliphatic heterocycles. The van der Waals surface area contributed by atoms with Gasteiger partial charge in [-0.3, -0.25) is 4.79 Å². The van der Waals surface area contributed by atoms with E-state index in [0.29, 0.717) is 17.1 Å². The second kappa shape index (κ2) is 12.9. The molecule has 0 saturated carbocycles. The van der Waals surface area contributed by atoms with Crippen LogP contribution in [-0.2, 0) is 4.79 Å². The first kappa shape index (κ1) is 27.1. The van der Waals surface area contributed by atoms with E-state index in [4.69, 9.17) is 0 Å². The normalized spacial score (nSPS) is 27.4. The minimum atomic E-state index is -0.675. The lowest BCUT2D eigenvalue weighted by Crippen LogP contribution is -2.23. The summed E-state index contributed by atoms with van der Waals surface area (Å²) >= 11 is 4.33. The number of hydrogen-bond donors (Lipinski definition) is 2. The molecule has 180 valence electrons. The zero-order valence-electron chi connectivity index (χ0n) is 20.3. The number of thioether (sulfide) groups is 2. The van der Waals surface area contributed by atoms with Crippen molar-refractivity contribution in [3.8, 4) is 0 Å². The van der Waals surface area contributed by atoms with Crippen LogP contribution in [0.2, 0.25) is 0 Å². The van der Waals surface area contributed by atoms with Gasteiger partial charge in [0.15, 0.2) is 0 Å². The Morgan fingerprint density at radius 1 is 0.839 bits per heavy atom. The molecule has 0 aromatic carbocycles. The summed E-state index contributed by atoms with van der Waals surface area (Å²) in [5, 5.41) is 21.6. The lowest BCUT2D eigenvalue weighted by molar-refractivity contribution is -0.147. The molecule has 2 fully saturated rings. The summed E-state index contributed by atoms with van der Waals surface area (Å²) in [6.07, 6.45) is 19.5. The summed E-state index contributed by atoms with van der Waals surface area (Å²) in [5.41, 5.74) is -0.499. The van der Waals surface area contributed by atoms with Gasteiger partial charge in [-0.25, -0.2) is 0 Å². The Bertz CT molecular complexity index is 573. The van der Waals surface area contributed by atoms with Gasteiger partial charge >= 0.3 is 5.97 Å². The molecule has 0 amide bonds. The SMILES string of the molecule is CC(C)(CO)CCCCC1CCC(/C=C\C2CCC(CCCCC(C)(C)C(=O)O)S2)S1. The van der Waals surface area contributed by atoms with E-state index >= 15 is 0 Å². The fourth-order valence-corrected chi connectivity index (χ4v) is 7.57. The molecule has 2 N–H and O–H groups in total. The number of carbonyl (C=O) groups is 1. The molecule has 0 aliphatic carbocycles. The predicted molar refractivity (Wildman–Crippen MR) is 137 cm³/mol. The first-order valence-electron chi connectivity index (χ1n) is 12.4. The molecule has 0 radical (unpaired) electrons. The van der Waals surface area contributed by atoms with Crippen LogP contribution in [0.4, 0.5) is 0 Å². The minimum Gasteiger partial charge on any atom is -0.481 e. The Labute approximate surface area is 199 Å². The third-order valence-electron chi connectivity index (χ3n) is 7.04. The van der Waals surface area contributed by atoms with Gasteiger partial charge in [0.05, 0.1) is 5.41 Å². The number of aliphatic carboxylic acids is 1. The van der Waals surface area contributed by atoms with Crippen LogP contribution in [0.5, 0.6) is 0 Å². The van der Waals surface area contributed by atoms with Crippen molar-refractivity contribution in [3.05, 3.63) is 12.2 Å². The first-order chi connectivity index (χ1) is 14.6. The summed E-state index contributed by atoms with van der Waals surface area (Å²) in [7, 11) is 0. The highest BCUT2D eigenvalue weighted by atomic mass is 32.2. The van der Waals surface area contributed by atoms with Crippen molar-refractivity contribution in [2.24, 2.45) is 10.8 Å². The number of carboxylic acids is 1. The van der Waals surface area contributed by atoms with Gasteiger partial charge in [-0.05, 0) is 70.6 Å². The standard InChI is InChI=1S/C26H46O3S2/c1-25(2,19-27)17-7-5-9-20-11-13-22(30-20)15-16-23-14-12-21(31-23)10-6-8-18-26(3,4)24(28)29/h15-16,20-23,27H,5-14,17-19H2,1-4H3,(H,28,29)/b16-15-. The van der Waals surface area contributed by atoms with Crippen molar-refractivity contribution in [1.29, 1.82) is 0 Å². The highest BCUT2D eigenvalue weighted by molar-refractivity contribution is 8.01. The lowest BCUT2D eigenvalue weighted by Gasteiger charge is -2.21. The van der Waals surface area contributed by atoms with E-state index in [-0.39, 0.29) is 5.41 Å². The van der Waals surface area contributed by atoms with Crippen molar-refractivity contribution >= 4 is 29.5 Å². The Morgan fingerprint density at radius 2 is 1.32 bits per heavy atom. The van der Waals surface area contributed by atoms with Gasteiger partial charge in [-0.1, -0.05) is 51.7 Å². The Morgan fingerprint density at radius 3 is 1.77 bits per heavy atom. The number of carboxylic acid groups (broad SMARTS) is 1. The number of rotatable bonds is 14. The topological polar surface area (TPSA) is 57.5 Å². The molecular weight excluding hydrogens is 424 g/mol. The van der Waals surface area contributed by atoms with Gasteiger partial charge in [0, 0.05) is 27.6 Å². The summed E-state index contributed by atoms with van der Waals surface area (Å²) in [4.78, 5) is 11.2. The van der Waals surface area contributed by atoms with Crippen LogP contribution in [0.15, 0.2) is 12.2 Å². The van der Waals surface area contributed by atoms with Crippen LogP contribution in [0.25, 0.3) is 0 Å². The first-order valence-corrected chi connectivity index (χ1v) is 14.3. The van der Waals surface area contributed by atoms with Gasteiger partial charge in [-0.2, -0.15) is 23.5 Å². The van der Waals surface area contributed by atoms with Gasteiger partial charge in [0.1, 0.15) is 0 Å². The quantitative estimate of drug-likeness (QED) is 0.206. The molecule has 2 saturated heterocycles. The zero-order chi connectivity index (χ0) is 22.9. The smallest absolute Gasteiger partial charge is 0.309 e. The Balaban J connectivity index is 1.56. The van der Waals surface area contributed by atoms with Crippen LogP contribution in [0, 0.1) is 10.8 Å². The summed E-state index contributed by atoms with van der Waals surface area (Å²) in [6, 6.07) is 0. The molecule has 2 heterocycles. The summed E-state index contributed by atoms with van der Waals surface area (Å²) in [6.45, 7) is 8.28. The second-order valence-corrected chi connectivity index (χ2v) is 14.2. The molecular formula is C26H46O3S2. The van der Waals surface area contributed by atoms with Crippen molar-refractivity contribution in [2.45, 2.75) is 126 Å². The third-order valence-corrected chi connectivity index (χ3v) is 10.2. The Hall–Kier alpha value is -0.130. The summed E-state index contributed by atoms with van der Waals surface area (Å²) in [5.74, 6) is -0.675. The second-order valence-electron chi connectivity index (χ2n) is 11.1. The van der Waals surface area contributed by atoms with Crippen LogP contribution in [-0.4, -0.2) is 43.8 Å². The van der Waals surface area contributed by atoms with Gasteiger partial charge in [-0.15, -0.1) is 0 Å². The van der Waals surface area contributed by atoms with E-state index in [0.717, 1.165) is 36.2 Å². The van der Waals surface area contributed by atoms with E-state index in [1.54, 1.807) is 0 Å². The highest BCUT2D eigenvalue weighted by Gasteiger charge is 2.28. The Kier molecular flexibility index (Phi) is 11.3. The molecule has 31 heavy (non-hydrogen) atoms. The maximum absolute atomic E-state index is 11.2. The average molecular weight is 471 g/mol. The predicted octanol–water partition coefficient (Wildman–Crippen LogP) is 7.32. The van der Waals surface area contributed by atoms with Crippen molar-refractivity contribution < 1.29 is 15.0 Å². The molecule has 0 aromatic rings. The molecule has 0 bridgehead atoms. The summed E-state index contributed by atoms with van der Waals surface area (Å²) < 4.78 is 0. The maximum atomic E-state index is 11.2. The molecule has 3 nitrogen and oxygen atoms in total. The van der Waals surface area contributed by atoms with Crippen LogP contribution in [0.3, 0.4) is 0 Å². The molecule has 4 unspecified atom stereocenters. The van der Waals surface area contributed by atoms with Crippen LogP contribution in [0.1, 0.15) is 105 Å². The molecule has 0 spiro atoms. The van der Waals surface area contributed by atoms with Gasteiger partial charge in [0.25, 0.3) is 0 Å². The van der Waals surface area contributed by atoms with Crippen LogP contribution >= 0.6 is 23.5 Å². The molecule has 2 aliphatic rings. The average Bonchev–Trinajstić information content (AvgIpc) is 3.36. The third kappa shape index (κ3) is 10.1. The van der Waals surface area contributed by atoms with E-state index in [1.165, 1.54) is 51.4 Å². The number of aliphatic hydroxyl groups is 1. The van der Waals surface area contributed by atoms with Gasteiger partial charge < -0.3 is 10.2 Å². The van der Waals surface area contributed by atoms with Crippen molar-refractivity contribution in [2.75, 3.05) is 6.61 Å². The fourth-order valence-electron chi connectivity index (χ4n) is 4.52. The largest absolute Gasteiger partial charge is 0.481 e. The zero-order valence-corrected chi connectivity index (χ0v) is 21.9. The molecule has 0 aromatic heterocycles. The highest BCUT2D eigenvalue weighted by Crippen LogP contribution is 2.40. The van der Waals surface area contributed by atoms with E-state index < -0.39 is 11.4 Å². The van der Waals surface area contributed by atoms with E-state index in [9.17, 15) is 15.0 Å². The lowest BCUT2D eigenvalue weighted by atomic mass is 9.87. The van der Waals surface area contributed by atoms with Crippen molar-refractivity contribution in [3.63, 3.8) is 0 Å². The van der Waals surface area contributed by atoms with E-state index in [1.807, 2.05) is 13.8 Å². The number of hydrogen-bond acceptors (Lipinski definition) is 4.